The maximum absolute atomic E-state index is 8.81. The van der Waals surface area contributed by atoms with Crippen molar-refractivity contribution in [1.82, 2.24) is 0 Å². The molecule has 0 unspecified atom stereocenters. The Kier molecular flexibility index (Phi) is 5.30. The van der Waals surface area contributed by atoms with Crippen molar-refractivity contribution < 1.29 is 9.84 Å². The molecule has 0 radical (unpaired) electrons. The average molecular weight is 258 g/mol. The quantitative estimate of drug-likeness (QED) is 0.843. The summed E-state index contributed by atoms with van der Waals surface area (Å²) in [6.45, 7) is 2.71. The van der Waals surface area contributed by atoms with Crippen molar-refractivity contribution in [2.24, 2.45) is 5.92 Å². The number of hydrogen-bond acceptors (Lipinski definition) is 2. The Labute approximate surface area is 115 Å². The summed E-state index contributed by atoms with van der Waals surface area (Å²) >= 11 is 0. The molecule has 102 valence electrons. The van der Waals surface area contributed by atoms with Gasteiger partial charge in [-0.2, -0.15) is 0 Å². The van der Waals surface area contributed by atoms with E-state index in [1.54, 1.807) is 0 Å². The van der Waals surface area contributed by atoms with Gasteiger partial charge in [0.05, 0.1) is 12.2 Å². The fraction of sp³-hybridized carbons (Fsp3) is 0.529. The van der Waals surface area contributed by atoms with Crippen LogP contribution in [0.4, 0.5) is 0 Å². The normalized spacial score (nSPS) is 15.7. The second-order valence-electron chi connectivity index (χ2n) is 5.27. The Hall–Kier alpha value is -1.46. The Morgan fingerprint density at radius 2 is 2.05 bits per heavy atom. The van der Waals surface area contributed by atoms with E-state index in [9.17, 15) is 0 Å². The first-order chi connectivity index (χ1) is 9.29. The lowest BCUT2D eigenvalue weighted by Gasteiger charge is -2.22. The van der Waals surface area contributed by atoms with Crippen LogP contribution in [-0.2, 0) is 0 Å². The number of aliphatic hydroxyl groups is 1. The van der Waals surface area contributed by atoms with E-state index in [1.165, 1.54) is 32.1 Å². The van der Waals surface area contributed by atoms with Gasteiger partial charge in [-0.25, -0.2) is 0 Å². The molecule has 19 heavy (non-hydrogen) atoms. The standard InChI is InChI=1S/C17H22O2/c1-14-9-10-17(16(12-14)8-5-11-18)19-13-15-6-3-2-4-7-15/h9-10,12,15,18H,2-4,6-7,11,13H2,1H3. The van der Waals surface area contributed by atoms with Crippen LogP contribution in [0.15, 0.2) is 18.2 Å². The van der Waals surface area contributed by atoms with Gasteiger partial charge in [0.15, 0.2) is 0 Å². The van der Waals surface area contributed by atoms with Crippen LogP contribution in [0.5, 0.6) is 5.75 Å². The molecule has 0 bridgehead atoms. The van der Waals surface area contributed by atoms with Crippen molar-refractivity contribution in [1.29, 1.82) is 0 Å². The Morgan fingerprint density at radius 3 is 2.79 bits per heavy atom. The molecule has 2 heteroatoms. The average Bonchev–Trinajstić information content (AvgIpc) is 2.45. The molecule has 1 N–H and O–H groups in total. The molecule has 1 aliphatic carbocycles. The largest absolute Gasteiger partial charge is 0.492 e. The molecule has 2 rings (SSSR count). The first-order valence-electron chi connectivity index (χ1n) is 7.13. The molecule has 0 aromatic heterocycles. The highest BCUT2D eigenvalue weighted by molar-refractivity contribution is 5.48. The van der Waals surface area contributed by atoms with Crippen molar-refractivity contribution in [2.45, 2.75) is 39.0 Å². The number of rotatable bonds is 3. The van der Waals surface area contributed by atoms with E-state index < -0.39 is 0 Å². The Morgan fingerprint density at radius 1 is 1.26 bits per heavy atom. The molecule has 1 aromatic rings. The molecule has 0 saturated heterocycles. The summed E-state index contributed by atoms with van der Waals surface area (Å²) < 4.78 is 5.94. The second kappa shape index (κ2) is 7.21. The Bertz CT molecular complexity index is 462. The third-order valence-corrected chi connectivity index (χ3v) is 3.64. The molecule has 0 atom stereocenters. The summed E-state index contributed by atoms with van der Waals surface area (Å²) in [5.41, 5.74) is 2.04. The van der Waals surface area contributed by atoms with Gasteiger partial charge in [-0.05, 0) is 43.4 Å². The molecule has 1 aliphatic rings. The molecule has 0 aliphatic heterocycles. The number of aliphatic hydroxyl groups excluding tert-OH is 1. The molecule has 1 fully saturated rings. The number of ether oxygens (including phenoxy) is 1. The second-order valence-corrected chi connectivity index (χ2v) is 5.27. The fourth-order valence-corrected chi connectivity index (χ4v) is 2.56. The fourth-order valence-electron chi connectivity index (χ4n) is 2.56. The summed E-state index contributed by atoms with van der Waals surface area (Å²) in [5.74, 6) is 7.20. The topological polar surface area (TPSA) is 29.5 Å². The highest BCUT2D eigenvalue weighted by Gasteiger charge is 2.14. The van der Waals surface area contributed by atoms with Gasteiger partial charge in [-0.3, -0.25) is 0 Å². The van der Waals surface area contributed by atoms with Gasteiger partial charge in [0, 0.05) is 0 Å². The van der Waals surface area contributed by atoms with Crippen LogP contribution in [0.25, 0.3) is 0 Å². The lowest BCUT2D eigenvalue weighted by atomic mass is 9.90. The first-order valence-corrected chi connectivity index (χ1v) is 7.13. The molecule has 2 nitrogen and oxygen atoms in total. The van der Waals surface area contributed by atoms with Crippen LogP contribution < -0.4 is 4.74 Å². The predicted molar refractivity (Wildman–Crippen MR) is 77.2 cm³/mol. The van der Waals surface area contributed by atoms with Crippen LogP contribution in [0.3, 0.4) is 0 Å². The smallest absolute Gasteiger partial charge is 0.134 e. The molecule has 1 aromatic carbocycles. The summed E-state index contributed by atoms with van der Waals surface area (Å²) in [7, 11) is 0. The zero-order valence-corrected chi connectivity index (χ0v) is 11.6. The van der Waals surface area contributed by atoms with Gasteiger partial charge in [0.25, 0.3) is 0 Å². The minimum absolute atomic E-state index is 0.115. The van der Waals surface area contributed by atoms with Crippen molar-refractivity contribution in [2.75, 3.05) is 13.2 Å². The van der Waals surface area contributed by atoms with Gasteiger partial charge in [0.1, 0.15) is 12.4 Å². The van der Waals surface area contributed by atoms with Crippen molar-refractivity contribution >= 4 is 0 Å². The maximum atomic E-state index is 8.81. The highest BCUT2D eigenvalue weighted by Crippen LogP contribution is 2.26. The Balaban J connectivity index is 2.02. The van der Waals surface area contributed by atoms with Crippen molar-refractivity contribution in [3.63, 3.8) is 0 Å². The lowest BCUT2D eigenvalue weighted by Crippen LogP contribution is -2.15. The first kappa shape index (κ1) is 14.0. The molecule has 1 saturated carbocycles. The van der Waals surface area contributed by atoms with E-state index in [4.69, 9.17) is 9.84 Å². The predicted octanol–water partition coefficient (Wildman–Crippen LogP) is 3.30. The minimum Gasteiger partial charge on any atom is -0.492 e. The van der Waals surface area contributed by atoms with Gasteiger partial charge in [-0.15, -0.1) is 0 Å². The third kappa shape index (κ3) is 4.29. The van der Waals surface area contributed by atoms with E-state index in [1.807, 2.05) is 25.1 Å². The van der Waals surface area contributed by atoms with E-state index in [0.29, 0.717) is 5.92 Å². The van der Waals surface area contributed by atoms with Gasteiger partial charge in [-0.1, -0.05) is 37.2 Å². The van der Waals surface area contributed by atoms with Gasteiger partial charge in [0.2, 0.25) is 0 Å². The zero-order valence-electron chi connectivity index (χ0n) is 11.6. The number of aryl methyl sites for hydroxylation is 1. The molecule has 0 heterocycles. The van der Waals surface area contributed by atoms with E-state index in [2.05, 4.69) is 11.8 Å². The molecular formula is C17H22O2. The highest BCUT2D eigenvalue weighted by atomic mass is 16.5. The summed E-state index contributed by atoms with van der Waals surface area (Å²) in [6.07, 6.45) is 6.60. The van der Waals surface area contributed by atoms with E-state index in [-0.39, 0.29) is 6.61 Å². The van der Waals surface area contributed by atoms with E-state index in [0.717, 1.165) is 23.5 Å². The maximum Gasteiger partial charge on any atom is 0.134 e. The lowest BCUT2D eigenvalue weighted by molar-refractivity contribution is 0.208. The van der Waals surface area contributed by atoms with Crippen LogP contribution in [0.1, 0.15) is 43.2 Å². The van der Waals surface area contributed by atoms with Crippen LogP contribution >= 0.6 is 0 Å². The number of benzene rings is 1. The molecule has 0 amide bonds. The van der Waals surface area contributed by atoms with Crippen LogP contribution in [0.2, 0.25) is 0 Å². The summed E-state index contributed by atoms with van der Waals surface area (Å²) in [4.78, 5) is 0. The van der Waals surface area contributed by atoms with E-state index >= 15 is 0 Å². The van der Waals surface area contributed by atoms with Crippen molar-refractivity contribution in [3.8, 4) is 17.6 Å². The van der Waals surface area contributed by atoms with Gasteiger partial charge >= 0.3 is 0 Å². The van der Waals surface area contributed by atoms with Crippen LogP contribution in [-0.4, -0.2) is 18.3 Å². The zero-order chi connectivity index (χ0) is 13.5. The molecule has 0 spiro atoms. The summed E-state index contributed by atoms with van der Waals surface area (Å²) in [5, 5.41) is 8.81. The SMILES string of the molecule is Cc1ccc(OCC2CCCCC2)c(C#CCO)c1. The number of hydrogen-bond donors (Lipinski definition) is 1. The summed E-state index contributed by atoms with van der Waals surface area (Å²) in [6, 6.07) is 6.04. The van der Waals surface area contributed by atoms with Crippen LogP contribution in [0, 0.1) is 24.7 Å². The minimum atomic E-state index is -0.115. The van der Waals surface area contributed by atoms with Crippen molar-refractivity contribution in [3.05, 3.63) is 29.3 Å². The van der Waals surface area contributed by atoms with Gasteiger partial charge < -0.3 is 9.84 Å². The third-order valence-electron chi connectivity index (χ3n) is 3.64. The monoisotopic (exact) mass is 258 g/mol. The molecular weight excluding hydrogens is 236 g/mol.